The van der Waals surface area contributed by atoms with Crippen molar-refractivity contribution in [3.63, 3.8) is 0 Å². The topological polar surface area (TPSA) is 41.7 Å². The normalized spacial score (nSPS) is 14.7. The Labute approximate surface area is 303 Å². The van der Waals surface area contributed by atoms with Crippen molar-refractivity contribution in [1.29, 1.82) is 0 Å². The lowest BCUT2D eigenvalue weighted by atomic mass is 10.00. The van der Waals surface area contributed by atoms with E-state index in [1.54, 1.807) is 0 Å². The summed E-state index contributed by atoms with van der Waals surface area (Å²) in [4.78, 5) is 10.3. The number of thiophene rings is 1. The van der Waals surface area contributed by atoms with Crippen LogP contribution in [-0.2, 0) is 0 Å². The fourth-order valence-corrected chi connectivity index (χ4v) is 9.14. The summed E-state index contributed by atoms with van der Waals surface area (Å²) in [7, 11) is 0. The van der Waals surface area contributed by atoms with E-state index in [0.717, 1.165) is 34.0 Å². The largest absolute Gasteiger partial charge is 0.344 e. The predicted molar refractivity (Wildman–Crippen MR) is 221 cm³/mol. The zero-order valence-corrected chi connectivity index (χ0v) is 28.8. The van der Waals surface area contributed by atoms with Crippen LogP contribution in [0.25, 0.3) is 69.2 Å². The van der Waals surface area contributed by atoms with E-state index in [0.29, 0.717) is 0 Å². The van der Waals surface area contributed by atoms with Gasteiger partial charge in [0.2, 0.25) is 0 Å². The first kappa shape index (κ1) is 29.2. The summed E-state index contributed by atoms with van der Waals surface area (Å²) in [6.45, 7) is 0. The molecule has 0 spiro atoms. The van der Waals surface area contributed by atoms with E-state index < -0.39 is 0 Å². The minimum atomic E-state index is -0.282. The van der Waals surface area contributed by atoms with Crippen molar-refractivity contribution in [2.75, 3.05) is 0 Å². The fourth-order valence-electron chi connectivity index (χ4n) is 7.99. The first-order valence-electron chi connectivity index (χ1n) is 17.6. The van der Waals surface area contributed by atoms with Gasteiger partial charge in [-0.15, -0.1) is 11.3 Å². The number of aliphatic imine (C=N–C) groups is 2. The van der Waals surface area contributed by atoms with E-state index in [2.05, 4.69) is 162 Å². The molecule has 0 saturated heterocycles. The van der Waals surface area contributed by atoms with Gasteiger partial charge in [0.15, 0.2) is 5.84 Å². The van der Waals surface area contributed by atoms with Gasteiger partial charge in [0, 0.05) is 47.8 Å². The molecular weight excluding hydrogens is 653 g/mol. The molecule has 8 aromatic carbocycles. The van der Waals surface area contributed by atoms with Crippen LogP contribution in [0.4, 0.5) is 0 Å². The van der Waals surface area contributed by atoms with Crippen LogP contribution < -0.4 is 5.32 Å². The van der Waals surface area contributed by atoms with Crippen molar-refractivity contribution in [1.82, 2.24) is 9.88 Å². The Hall–Kier alpha value is -6.56. The zero-order chi connectivity index (χ0) is 34.2. The molecule has 5 heteroatoms. The maximum absolute atomic E-state index is 5.15. The minimum Gasteiger partial charge on any atom is -0.344 e. The van der Waals surface area contributed by atoms with Gasteiger partial charge < -0.3 is 9.88 Å². The van der Waals surface area contributed by atoms with Gasteiger partial charge in [0.05, 0.1) is 11.0 Å². The van der Waals surface area contributed by atoms with Crippen molar-refractivity contribution in [2.45, 2.75) is 6.17 Å². The lowest BCUT2D eigenvalue weighted by molar-refractivity contribution is 0.675. The van der Waals surface area contributed by atoms with Crippen molar-refractivity contribution < 1.29 is 0 Å². The fraction of sp³-hybridized carbons (Fsp3) is 0.0213. The second-order valence-corrected chi connectivity index (χ2v) is 14.5. The molecule has 4 nitrogen and oxygen atoms in total. The molecule has 0 amide bonds. The Morgan fingerprint density at radius 2 is 1.12 bits per heavy atom. The number of nitrogens with zero attached hydrogens (tertiary/aromatic N) is 3. The van der Waals surface area contributed by atoms with Crippen LogP contribution in [0.5, 0.6) is 0 Å². The van der Waals surface area contributed by atoms with E-state index >= 15 is 0 Å². The summed E-state index contributed by atoms with van der Waals surface area (Å²) in [6, 6.07) is 60.9. The molecule has 1 aliphatic rings. The first-order chi connectivity index (χ1) is 25.8. The smallest absolute Gasteiger partial charge is 0.159 e. The number of hydrogen-bond acceptors (Lipinski definition) is 4. The molecule has 0 fully saturated rings. The minimum absolute atomic E-state index is 0.282. The number of hydrogen-bond donors (Lipinski definition) is 1. The molecule has 1 unspecified atom stereocenters. The van der Waals surface area contributed by atoms with Gasteiger partial charge in [-0.25, -0.2) is 9.98 Å². The first-order valence-corrected chi connectivity index (χ1v) is 18.4. The number of nitrogens with one attached hydrogen (secondary N) is 1. The van der Waals surface area contributed by atoms with Gasteiger partial charge in [0.25, 0.3) is 0 Å². The molecule has 11 rings (SSSR count). The third-order valence-corrected chi connectivity index (χ3v) is 11.6. The number of amidine groups is 2. The van der Waals surface area contributed by atoms with E-state index in [9.17, 15) is 0 Å². The molecular formula is C47H30N4S. The summed E-state index contributed by atoms with van der Waals surface area (Å²) >= 11 is 1.83. The number of rotatable bonds is 4. The second kappa shape index (κ2) is 11.5. The van der Waals surface area contributed by atoms with Gasteiger partial charge in [-0.1, -0.05) is 121 Å². The van der Waals surface area contributed by atoms with Crippen LogP contribution in [0.3, 0.4) is 0 Å². The van der Waals surface area contributed by atoms with Gasteiger partial charge in [0.1, 0.15) is 12.0 Å². The van der Waals surface area contributed by atoms with Crippen LogP contribution in [-0.4, -0.2) is 16.2 Å². The number of fused-ring (bicyclic) bond motifs is 10. The van der Waals surface area contributed by atoms with Crippen LogP contribution in [0.1, 0.15) is 22.9 Å². The zero-order valence-electron chi connectivity index (χ0n) is 28.0. The highest BCUT2D eigenvalue weighted by atomic mass is 32.1. The highest BCUT2D eigenvalue weighted by Crippen LogP contribution is 2.41. The average molecular weight is 683 g/mol. The molecule has 0 bridgehead atoms. The molecule has 3 heterocycles. The Kier molecular flexibility index (Phi) is 6.45. The quantitative estimate of drug-likeness (QED) is 0.197. The standard InChI is InChI=1S/C47H30N4S/c1-2-12-31(13-3-1)45-48-46(50-47(49-45)33-20-25-38-37-16-8-9-17-41(37)52-42(38)28-33)32-18-23-34(24-19-32)51-39-26-21-29-10-4-6-14-35(29)43(39)44-36-15-7-5-11-30(36)22-27-40(44)51/h1-28,47H,(H,48,49,50). The second-order valence-electron chi connectivity index (χ2n) is 13.4. The molecule has 1 aliphatic heterocycles. The van der Waals surface area contributed by atoms with Gasteiger partial charge in [-0.3, -0.25) is 0 Å². The third kappa shape index (κ3) is 4.53. The van der Waals surface area contributed by atoms with Crippen molar-refractivity contribution in [3.05, 3.63) is 187 Å². The summed E-state index contributed by atoms with van der Waals surface area (Å²) in [5.41, 5.74) is 6.62. The number of aromatic nitrogens is 1. The van der Waals surface area contributed by atoms with E-state index in [4.69, 9.17) is 9.98 Å². The lowest BCUT2D eigenvalue weighted by Gasteiger charge is -2.24. The molecule has 0 aliphatic carbocycles. The number of benzene rings is 8. The third-order valence-electron chi connectivity index (χ3n) is 10.4. The molecule has 1 N–H and O–H groups in total. The molecule has 2 aromatic heterocycles. The molecule has 1 atom stereocenters. The summed E-state index contributed by atoms with van der Waals surface area (Å²) < 4.78 is 4.97. The van der Waals surface area contributed by atoms with E-state index in [1.807, 2.05) is 29.5 Å². The SMILES string of the molecule is c1ccc(C2=NC(c3ccc4c(c3)sc3ccccc34)NC(c3ccc(-n4c5ccc6ccccc6c5c5c6ccccc6ccc54)cc3)=N2)cc1. The van der Waals surface area contributed by atoms with Gasteiger partial charge in [-0.05, 0) is 75.6 Å². The van der Waals surface area contributed by atoms with Crippen molar-refractivity contribution in [2.24, 2.45) is 9.98 Å². The highest BCUT2D eigenvalue weighted by Gasteiger charge is 2.23. The van der Waals surface area contributed by atoms with E-state index in [-0.39, 0.29) is 6.17 Å². The molecule has 244 valence electrons. The van der Waals surface area contributed by atoms with Crippen LogP contribution in [0.2, 0.25) is 0 Å². The molecule has 10 aromatic rings. The Morgan fingerprint density at radius 1 is 0.500 bits per heavy atom. The average Bonchev–Trinajstić information content (AvgIpc) is 3.77. The van der Waals surface area contributed by atoms with E-state index in [1.165, 1.54) is 63.5 Å². The summed E-state index contributed by atoms with van der Waals surface area (Å²) in [6.07, 6.45) is -0.282. The molecule has 0 saturated carbocycles. The van der Waals surface area contributed by atoms with Crippen molar-refractivity contribution in [3.8, 4) is 5.69 Å². The lowest BCUT2D eigenvalue weighted by Crippen LogP contribution is -2.33. The van der Waals surface area contributed by atoms with Crippen LogP contribution in [0, 0.1) is 0 Å². The van der Waals surface area contributed by atoms with Gasteiger partial charge >= 0.3 is 0 Å². The maximum atomic E-state index is 5.15. The monoisotopic (exact) mass is 682 g/mol. The Bertz CT molecular complexity index is 3000. The summed E-state index contributed by atoms with van der Waals surface area (Å²) in [5.74, 6) is 1.53. The van der Waals surface area contributed by atoms with Gasteiger partial charge in [-0.2, -0.15) is 0 Å². The Morgan fingerprint density at radius 3 is 1.83 bits per heavy atom. The highest BCUT2D eigenvalue weighted by molar-refractivity contribution is 7.25. The Balaban J connectivity index is 1.04. The van der Waals surface area contributed by atoms with Crippen LogP contribution in [0.15, 0.2) is 180 Å². The van der Waals surface area contributed by atoms with Crippen LogP contribution >= 0.6 is 11.3 Å². The van der Waals surface area contributed by atoms with Crippen molar-refractivity contribution >= 4 is 86.5 Å². The molecule has 52 heavy (non-hydrogen) atoms. The molecule has 0 radical (unpaired) electrons. The summed E-state index contributed by atoms with van der Waals surface area (Å²) in [5, 5.41) is 13.9. The predicted octanol–water partition coefficient (Wildman–Crippen LogP) is 12.0. The maximum Gasteiger partial charge on any atom is 0.159 e.